The Morgan fingerprint density at radius 3 is 1.10 bits per heavy atom. The highest BCUT2D eigenvalue weighted by Gasteiger charge is 2.31. The molecule has 0 aliphatic carbocycles. The first-order valence-electron chi connectivity index (χ1n) is 22.0. The fourth-order valence-electron chi connectivity index (χ4n) is 9.74. The number of aromatic nitrogens is 3. The molecule has 0 fully saturated rings. The zero-order valence-corrected chi connectivity index (χ0v) is 37.6. The van der Waals surface area contributed by atoms with Gasteiger partial charge in [0.15, 0.2) is 7.14 Å². The quantitative estimate of drug-likeness (QED) is 0.154. The van der Waals surface area contributed by atoms with Crippen molar-refractivity contribution < 1.29 is 4.57 Å². The molecule has 0 saturated heterocycles. The van der Waals surface area contributed by atoms with Gasteiger partial charge in [-0.2, -0.15) is 0 Å². The summed E-state index contributed by atoms with van der Waals surface area (Å²) in [5, 5.41) is 7.34. The van der Waals surface area contributed by atoms with Crippen molar-refractivity contribution in [3.05, 3.63) is 205 Å². The van der Waals surface area contributed by atoms with E-state index in [1.165, 1.54) is 54.7 Å². The van der Waals surface area contributed by atoms with Crippen LogP contribution >= 0.6 is 7.14 Å². The molecule has 4 nitrogen and oxygen atoms in total. The van der Waals surface area contributed by atoms with E-state index in [0.29, 0.717) is 0 Å². The molecule has 11 rings (SSSR count). The Morgan fingerprint density at radius 2 is 0.683 bits per heavy atom. The average Bonchev–Trinajstić information content (AvgIpc) is 3.94. The molecular formula is C58H50N3OP. The van der Waals surface area contributed by atoms with Crippen LogP contribution in [-0.2, 0) is 15.4 Å². The molecule has 0 N–H and O–H groups in total. The summed E-state index contributed by atoms with van der Waals surface area (Å²) in [5.41, 5.74) is 12.7. The van der Waals surface area contributed by atoms with Crippen LogP contribution in [0.5, 0.6) is 0 Å². The van der Waals surface area contributed by atoms with Crippen molar-refractivity contribution in [3.8, 4) is 17.1 Å². The van der Waals surface area contributed by atoms with Gasteiger partial charge < -0.3 is 18.3 Å². The first-order chi connectivity index (χ1) is 30.4. The molecular weight excluding hydrogens is 786 g/mol. The summed E-state index contributed by atoms with van der Waals surface area (Å²) >= 11 is 0. The number of fused-ring (bicyclic) bond motifs is 8. The summed E-state index contributed by atoms with van der Waals surface area (Å²) in [5.74, 6) is 0. The van der Waals surface area contributed by atoms with Crippen LogP contribution in [0.25, 0.3) is 71.7 Å². The van der Waals surface area contributed by atoms with Gasteiger partial charge in [0.2, 0.25) is 0 Å². The lowest BCUT2D eigenvalue weighted by molar-refractivity contribution is 0.590. The second-order valence-electron chi connectivity index (χ2n) is 19.0. The van der Waals surface area contributed by atoms with Gasteiger partial charge in [0.25, 0.3) is 0 Å². The third-order valence-corrected chi connectivity index (χ3v) is 16.1. The van der Waals surface area contributed by atoms with Crippen LogP contribution in [0.1, 0.15) is 52.7 Å². The second kappa shape index (κ2) is 14.3. The fourth-order valence-corrected chi connectivity index (χ4v) is 12.4. The molecule has 0 amide bonds. The maximum Gasteiger partial charge on any atom is 0.171 e. The first kappa shape index (κ1) is 39.0. The smallest absolute Gasteiger partial charge is 0.171 e. The molecule has 0 aliphatic rings. The van der Waals surface area contributed by atoms with Crippen LogP contribution < -0.4 is 15.9 Å². The van der Waals surface area contributed by atoms with E-state index in [1.807, 2.05) is 60.7 Å². The molecule has 0 bridgehead atoms. The van der Waals surface area contributed by atoms with Gasteiger partial charge in [0.05, 0.1) is 33.1 Å². The molecule has 8 aromatic carbocycles. The molecule has 308 valence electrons. The van der Waals surface area contributed by atoms with E-state index >= 15 is 4.57 Å². The highest BCUT2D eigenvalue weighted by Crippen LogP contribution is 2.45. The van der Waals surface area contributed by atoms with E-state index in [1.54, 1.807) is 0 Å². The Bertz CT molecular complexity index is 3470. The Kier molecular flexibility index (Phi) is 8.88. The summed E-state index contributed by atoms with van der Waals surface area (Å²) in [7, 11) is -3.16. The van der Waals surface area contributed by atoms with E-state index in [0.717, 1.165) is 44.0 Å². The first-order valence-corrected chi connectivity index (χ1v) is 23.7. The molecule has 0 radical (unpaired) electrons. The highest BCUT2D eigenvalue weighted by atomic mass is 31.2. The van der Waals surface area contributed by atoms with Crippen molar-refractivity contribution >= 4 is 77.7 Å². The monoisotopic (exact) mass is 835 g/mol. The average molecular weight is 836 g/mol. The van der Waals surface area contributed by atoms with Crippen molar-refractivity contribution in [2.45, 2.75) is 52.4 Å². The van der Waals surface area contributed by atoms with Crippen LogP contribution in [0.3, 0.4) is 0 Å². The largest absolute Gasteiger partial charge is 0.309 e. The summed E-state index contributed by atoms with van der Waals surface area (Å²) in [6.45, 7) is 13.7. The summed E-state index contributed by atoms with van der Waals surface area (Å²) in [6.07, 6.45) is 0. The minimum Gasteiger partial charge on any atom is -0.309 e. The molecule has 0 aliphatic heterocycles. The number of rotatable bonds is 6. The Labute approximate surface area is 369 Å². The lowest BCUT2D eigenvalue weighted by Crippen LogP contribution is -2.24. The van der Waals surface area contributed by atoms with Crippen molar-refractivity contribution in [2.24, 2.45) is 0 Å². The molecule has 0 saturated carbocycles. The second-order valence-corrected chi connectivity index (χ2v) is 21.8. The molecule has 0 unspecified atom stereocenters. The summed E-state index contributed by atoms with van der Waals surface area (Å²) in [6, 6.07) is 68.9. The predicted octanol–water partition coefficient (Wildman–Crippen LogP) is 14.1. The number of hydrogen-bond donors (Lipinski definition) is 0. The summed E-state index contributed by atoms with van der Waals surface area (Å²) < 4.78 is 22.8. The van der Waals surface area contributed by atoms with Crippen LogP contribution in [0.2, 0.25) is 0 Å². The van der Waals surface area contributed by atoms with Crippen molar-refractivity contribution in [1.29, 1.82) is 0 Å². The zero-order chi connectivity index (χ0) is 43.3. The Morgan fingerprint density at radius 1 is 0.333 bits per heavy atom. The van der Waals surface area contributed by atoms with E-state index < -0.39 is 7.14 Å². The maximum absolute atomic E-state index is 15.5. The van der Waals surface area contributed by atoms with E-state index in [9.17, 15) is 0 Å². The third-order valence-electron chi connectivity index (χ3n) is 13.0. The van der Waals surface area contributed by atoms with Gasteiger partial charge in [0.1, 0.15) is 0 Å². The maximum atomic E-state index is 15.5. The molecule has 0 atom stereocenters. The van der Waals surface area contributed by atoms with Crippen LogP contribution in [0, 0.1) is 0 Å². The standard InChI is InChI=1S/C58H50N3OP/c1-57(2,3)39-25-35-49-53(37-39)60(42-29-27-41(28-30-42)59-51-23-15-13-21-47(51)48-22-14-16-24-52(48)59)55-50-36-26-40(58(4,5)6)38-54(50)61(56(49)55)43-31-33-46(34-32-43)63(62,44-17-9-7-10-18-44)45-19-11-8-12-20-45/h7-38H,1-6H3. The zero-order valence-electron chi connectivity index (χ0n) is 36.7. The van der Waals surface area contributed by atoms with Gasteiger partial charge in [-0.25, -0.2) is 0 Å². The topological polar surface area (TPSA) is 31.9 Å². The molecule has 63 heavy (non-hydrogen) atoms. The molecule has 5 heteroatoms. The van der Waals surface area contributed by atoms with Gasteiger partial charge >= 0.3 is 0 Å². The number of benzene rings is 8. The SMILES string of the molecule is CC(C)(C)c1ccc2c(c1)n(-c1ccc(P(=O)(c3ccccc3)c3ccccc3)cc1)c1c3ccc(C(C)(C)C)cc3n(-c3ccc(-n4c5ccccc5c5ccccc54)cc3)c21. The fraction of sp³-hybridized carbons (Fsp3) is 0.138. The van der Waals surface area contributed by atoms with E-state index in [-0.39, 0.29) is 10.8 Å². The van der Waals surface area contributed by atoms with Crippen molar-refractivity contribution in [3.63, 3.8) is 0 Å². The minimum atomic E-state index is -3.16. The number of para-hydroxylation sites is 2. The highest BCUT2D eigenvalue weighted by molar-refractivity contribution is 7.85. The normalized spacial score (nSPS) is 12.7. The van der Waals surface area contributed by atoms with Gasteiger partial charge in [-0.15, -0.1) is 0 Å². The summed E-state index contributed by atoms with van der Waals surface area (Å²) in [4.78, 5) is 0. The lowest BCUT2D eigenvalue weighted by Gasteiger charge is -2.21. The van der Waals surface area contributed by atoms with Gasteiger partial charge in [0, 0.05) is 54.5 Å². The van der Waals surface area contributed by atoms with E-state index in [2.05, 4.69) is 189 Å². The van der Waals surface area contributed by atoms with Gasteiger partial charge in [-0.1, -0.05) is 163 Å². The molecule has 3 aromatic heterocycles. The van der Waals surface area contributed by atoms with Crippen molar-refractivity contribution in [2.75, 3.05) is 0 Å². The molecule has 11 aromatic rings. The Balaban J connectivity index is 1.17. The van der Waals surface area contributed by atoms with Crippen molar-refractivity contribution in [1.82, 2.24) is 13.7 Å². The predicted molar refractivity (Wildman–Crippen MR) is 269 cm³/mol. The number of nitrogens with zero attached hydrogens (tertiary/aromatic N) is 3. The third kappa shape index (κ3) is 6.15. The molecule has 0 spiro atoms. The molecule has 3 heterocycles. The van der Waals surface area contributed by atoms with Crippen LogP contribution in [0.4, 0.5) is 0 Å². The Hall–Kier alpha value is -6.87. The van der Waals surface area contributed by atoms with Crippen LogP contribution in [0.15, 0.2) is 194 Å². The van der Waals surface area contributed by atoms with E-state index in [4.69, 9.17) is 0 Å². The lowest BCUT2D eigenvalue weighted by atomic mass is 9.86. The van der Waals surface area contributed by atoms with Crippen LogP contribution in [-0.4, -0.2) is 13.7 Å². The van der Waals surface area contributed by atoms with Gasteiger partial charge in [-0.05, 0) is 94.8 Å². The number of hydrogen-bond acceptors (Lipinski definition) is 1. The minimum absolute atomic E-state index is 0.0470. The van der Waals surface area contributed by atoms with Gasteiger partial charge in [-0.3, -0.25) is 0 Å².